The second-order valence-corrected chi connectivity index (χ2v) is 17.2. The van der Waals surface area contributed by atoms with Crippen molar-refractivity contribution >= 4 is 87.9 Å². The van der Waals surface area contributed by atoms with E-state index in [9.17, 15) is 34.0 Å². The van der Waals surface area contributed by atoms with E-state index in [-0.39, 0.29) is 23.5 Å². The summed E-state index contributed by atoms with van der Waals surface area (Å²) < 4.78 is 10.6. The molecule has 8 N–H and O–H groups in total. The van der Waals surface area contributed by atoms with Crippen LogP contribution in [0, 0.1) is 23.2 Å². The number of amides is 6. The predicted octanol–water partition coefficient (Wildman–Crippen LogP) is 4.51. The van der Waals surface area contributed by atoms with Crippen LogP contribution in [-0.2, 0) is 28.7 Å². The lowest BCUT2D eigenvalue weighted by molar-refractivity contribution is -0.136. The molecule has 59 heavy (non-hydrogen) atoms. The summed E-state index contributed by atoms with van der Waals surface area (Å²) in [5.74, 6) is -3.43. The van der Waals surface area contributed by atoms with Gasteiger partial charge in [0.25, 0.3) is 0 Å². The molecule has 2 aliphatic rings. The molecule has 2 aromatic rings. The van der Waals surface area contributed by atoms with Gasteiger partial charge in [0.2, 0.25) is 0 Å². The van der Waals surface area contributed by atoms with Crippen LogP contribution in [0.2, 0.25) is 10.0 Å². The number of hydrogen-bond donors (Lipinski definition) is 7. The Morgan fingerprint density at radius 2 is 1.10 bits per heavy atom. The summed E-state index contributed by atoms with van der Waals surface area (Å²) in [7, 11) is 0. The van der Waals surface area contributed by atoms with E-state index in [0.717, 1.165) is 0 Å². The van der Waals surface area contributed by atoms with Gasteiger partial charge in [-0.1, -0.05) is 35.4 Å². The molecule has 18 nitrogen and oxygen atoms in total. The van der Waals surface area contributed by atoms with Crippen molar-refractivity contribution in [2.75, 3.05) is 10.6 Å². The third-order valence-corrected chi connectivity index (χ3v) is 9.45. The van der Waals surface area contributed by atoms with Crippen molar-refractivity contribution in [2.45, 2.75) is 115 Å². The van der Waals surface area contributed by atoms with Gasteiger partial charge in [-0.3, -0.25) is 19.2 Å². The van der Waals surface area contributed by atoms with E-state index < -0.39 is 71.2 Å². The maximum atomic E-state index is 12.4. The molecule has 0 bridgehead atoms. The van der Waals surface area contributed by atoms with Gasteiger partial charge < -0.3 is 47.1 Å². The Balaban J connectivity index is 0.000000316. The van der Waals surface area contributed by atoms with Gasteiger partial charge in [-0.15, -0.1) is 0 Å². The molecule has 2 saturated carbocycles. The van der Waals surface area contributed by atoms with E-state index in [1.807, 2.05) is 0 Å². The van der Waals surface area contributed by atoms with Gasteiger partial charge in [0.05, 0.1) is 33.2 Å². The van der Waals surface area contributed by atoms with Crippen LogP contribution in [0.5, 0.6) is 0 Å². The number of carbonyl (C=O) groups is 6. The van der Waals surface area contributed by atoms with Gasteiger partial charge in [0.1, 0.15) is 22.8 Å². The molecule has 6 amide bonds. The zero-order valence-electron chi connectivity index (χ0n) is 33.5. The summed E-state index contributed by atoms with van der Waals surface area (Å²) in [5.41, 5.74) is 4.42. The van der Waals surface area contributed by atoms with Gasteiger partial charge in [-0.05, 0) is 104 Å². The standard InChI is InChI=1S/C19H26ClN5O4S.C19H24ClN5O4/c1-19(2,3)29-18(28)24-13-8-10(15(21)30)4-6-12(13)23-16(26)17(27)25-14-7-5-11(20)9-22-14;1-19(2,3)29-18(28)24-14-8-11(9-21)4-6-13(14)23-16(26)17(27)25-15-7-5-12(20)10-22-15/h5,7,9-10,12-13H,4,6,8H2,1-3H3,(H2,21,30)(H,23,26)(H,24,28)(H,22,25,27);5,7,10-11,13-14H,4,6,8H2,1-3H3,(H,23,26)(H,24,28)(H,22,25,27)/t10-,12-,13+;11-,13-,14+/m00/s1. The Kier molecular flexibility index (Phi) is 17.6. The number of nitrogens with one attached hydrogen (secondary N) is 6. The summed E-state index contributed by atoms with van der Waals surface area (Å²) in [6.07, 6.45) is 4.33. The predicted molar refractivity (Wildman–Crippen MR) is 223 cm³/mol. The minimum absolute atomic E-state index is 0.0832. The molecule has 0 spiro atoms. The van der Waals surface area contributed by atoms with Gasteiger partial charge >= 0.3 is 35.8 Å². The number of alkyl carbamates (subject to hydrolysis) is 2. The monoisotopic (exact) mass is 876 g/mol. The minimum Gasteiger partial charge on any atom is -0.444 e. The summed E-state index contributed by atoms with van der Waals surface area (Å²) in [5, 5.41) is 25.6. The fraction of sp³-hybridized carbons (Fsp3) is 0.526. The van der Waals surface area contributed by atoms with Crippen molar-refractivity contribution in [1.29, 1.82) is 5.26 Å². The maximum absolute atomic E-state index is 12.4. The lowest BCUT2D eigenvalue weighted by Crippen LogP contribution is -2.57. The Hall–Kier alpha value is -5.32. The molecule has 2 fully saturated rings. The number of thiocarbonyl (C=S) groups is 1. The molecule has 0 saturated heterocycles. The summed E-state index contributed by atoms with van der Waals surface area (Å²) in [6, 6.07) is 6.19. The van der Waals surface area contributed by atoms with Gasteiger partial charge in [-0.25, -0.2) is 19.6 Å². The molecule has 0 unspecified atom stereocenters. The number of anilines is 2. The smallest absolute Gasteiger partial charge is 0.407 e. The van der Waals surface area contributed by atoms with Crippen LogP contribution in [0.15, 0.2) is 36.7 Å². The third kappa shape index (κ3) is 17.2. The number of aromatic nitrogens is 2. The van der Waals surface area contributed by atoms with E-state index in [1.165, 1.54) is 30.6 Å². The fourth-order valence-corrected chi connectivity index (χ4v) is 6.45. The average Bonchev–Trinajstić information content (AvgIpc) is 3.13. The topological polar surface area (TPSA) is 269 Å². The van der Waals surface area contributed by atoms with E-state index in [2.05, 4.69) is 47.9 Å². The Morgan fingerprint density at radius 3 is 1.47 bits per heavy atom. The van der Waals surface area contributed by atoms with E-state index in [4.69, 9.17) is 50.6 Å². The molecule has 21 heteroatoms. The number of carbonyl (C=O) groups excluding carboxylic acids is 6. The lowest BCUT2D eigenvalue weighted by Gasteiger charge is -2.36. The number of hydrogen-bond acceptors (Lipinski definition) is 12. The number of rotatable bonds is 7. The van der Waals surface area contributed by atoms with Crippen molar-refractivity contribution in [3.63, 3.8) is 0 Å². The molecule has 0 aliphatic heterocycles. The second-order valence-electron chi connectivity index (χ2n) is 15.8. The maximum Gasteiger partial charge on any atom is 0.407 e. The first kappa shape index (κ1) is 48.1. The molecule has 320 valence electrons. The van der Waals surface area contributed by atoms with Crippen LogP contribution >= 0.6 is 35.4 Å². The molecule has 2 aromatic heterocycles. The highest BCUT2D eigenvalue weighted by Gasteiger charge is 2.37. The normalized spacial score (nSPS) is 21.3. The van der Waals surface area contributed by atoms with Crippen LogP contribution in [0.3, 0.4) is 0 Å². The number of nitrogens with zero attached hydrogens (tertiary/aromatic N) is 3. The Bertz CT molecular complexity index is 1880. The first-order valence-electron chi connectivity index (χ1n) is 18.7. The first-order chi connectivity index (χ1) is 27.5. The highest BCUT2D eigenvalue weighted by molar-refractivity contribution is 7.80. The van der Waals surface area contributed by atoms with Crippen LogP contribution in [0.1, 0.15) is 80.1 Å². The quantitative estimate of drug-likeness (QED) is 0.149. The summed E-state index contributed by atoms with van der Waals surface area (Å²) in [4.78, 5) is 81.6. The molecular formula is C38H50Cl2N10O8S. The van der Waals surface area contributed by atoms with Crippen LogP contribution in [0.4, 0.5) is 21.2 Å². The SMILES string of the molecule is CC(C)(C)OC(=O)N[C@@H]1C[C@@H](C#N)CC[C@@H]1NC(=O)C(=O)Nc1ccc(Cl)cn1.CC(C)(C)OC(=O)N[C@@H]1C[C@@H](C(N)=S)CC[C@@H]1NC(=O)C(=O)Nc1ccc(Cl)cn1. The highest BCUT2D eigenvalue weighted by atomic mass is 35.5. The zero-order chi connectivity index (χ0) is 44.1. The number of pyridine rings is 2. The second kappa shape index (κ2) is 21.6. The highest BCUT2D eigenvalue weighted by Crippen LogP contribution is 2.27. The van der Waals surface area contributed by atoms with Crippen LogP contribution in [-0.4, -0.2) is 86.1 Å². The molecule has 6 atom stereocenters. The Labute approximate surface area is 357 Å². The number of nitrogens with two attached hydrogens (primary N) is 1. The zero-order valence-corrected chi connectivity index (χ0v) is 35.8. The number of ether oxygens (including phenoxy) is 2. The summed E-state index contributed by atoms with van der Waals surface area (Å²) >= 11 is 16.6. The fourth-order valence-electron chi connectivity index (χ4n) is 6.01. The van der Waals surface area contributed by atoms with Gasteiger partial charge in [-0.2, -0.15) is 5.26 Å². The molecule has 0 radical (unpaired) electrons. The van der Waals surface area contributed by atoms with Crippen molar-refractivity contribution in [3.05, 3.63) is 46.7 Å². The number of nitriles is 1. The molecule has 2 heterocycles. The largest absolute Gasteiger partial charge is 0.444 e. The number of halogens is 2. The van der Waals surface area contributed by atoms with E-state index in [0.29, 0.717) is 53.6 Å². The van der Waals surface area contributed by atoms with Crippen LogP contribution < -0.4 is 37.6 Å². The van der Waals surface area contributed by atoms with Gasteiger partial charge in [0, 0.05) is 36.3 Å². The molecular weight excluding hydrogens is 827 g/mol. The molecule has 0 aromatic carbocycles. The van der Waals surface area contributed by atoms with E-state index >= 15 is 0 Å². The first-order valence-corrected chi connectivity index (χ1v) is 19.8. The summed E-state index contributed by atoms with van der Waals surface area (Å²) in [6.45, 7) is 10.5. The minimum atomic E-state index is -0.891. The van der Waals surface area contributed by atoms with Crippen molar-refractivity contribution in [2.24, 2.45) is 17.6 Å². The van der Waals surface area contributed by atoms with Crippen molar-refractivity contribution < 1.29 is 38.2 Å². The Morgan fingerprint density at radius 1 is 0.678 bits per heavy atom. The molecule has 4 rings (SSSR count). The average molecular weight is 878 g/mol. The van der Waals surface area contributed by atoms with Gasteiger partial charge in [0.15, 0.2) is 0 Å². The third-order valence-electron chi connectivity index (χ3n) is 8.67. The van der Waals surface area contributed by atoms with E-state index in [1.54, 1.807) is 47.6 Å². The lowest BCUT2D eigenvalue weighted by atomic mass is 9.82. The van der Waals surface area contributed by atoms with Crippen molar-refractivity contribution in [1.82, 2.24) is 31.2 Å². The molecule has 2 aliphatic carbocycles. The van der Waals surface area contributed by atoms with Crippen molar-refractivity contribution in [3.8, 4) is 6.07 Å². The van der Waals surface area contributed by atoms with Crippen LogP contribution in [0.25, 0.3) is 0 Å².